The van der Waals surface area contributed by atoms with Crippen molar-refractivity contribution in [3.63, 3.8) is 0 Å². The number of alkyl halides is 3. The molecule has 2 heterocycles. The average Bonchev–Trinajstić information content (AvgIpc) is 2.97. The number of carbonyl (C=O) groups excluding carboxylic acids is 2. The van der Waals surface area contributed by atoms with Crippen LogP contribution >= 0.6 is 27.3 Å². The number of ether oxygens (including phenoxy) is 1. The van der Waals surface area contributed by atoms with E-state index < -0.39 is 33.9 Å². The molecule has 0 unspecified atom stereocenters. The summed E-state index contributed by atoms with van der Waals surface area (Å²) in [5.41, 5.74) is -1.40. The van der Waals surface area contributed by atoms with Crippen molar-refractivity contribution in [2.45, 2.75) is 13.1 Å². The van der Waals surface area contributed by atoms with Gasteiger partial charge in [-0.2, -0.15) is 18.3 Å². The summed E-state index contributed by atoms with van der Waals surface area (Å²) in [6.45, 7) is 1.71. The van der Waals surface area contributed by atoms with Crippen LogP contribution in [0.4, 0.5) is 18.2 Å². The van der Waals surface area contributed by atoms with Gasteiger partial charge >= 0.3 is 12.1 Å². The second-order valence-corrected chi connectivity index (χ2v) is 6.73. The lowest BCUT2D eigenvalue weighted by Gasteiger charge is -2.06. The Bertz CT molecular complexity index is 813. The number of thiophene rings is 1. The molecular weight excluding hydrogens is 415 g/mol. The second kappa shape index (κ2) is 6.55. The number of aromatic nitrogens is 2. The minimum atomic E-state index is -4.67. The van der Waals surface area contributed by atoms with E-state index in [0.717, 1.165) is 23.3 Å². The molecule has 6 nitrogen and oxygen atoms in total. The van der Waals surface area contributed by atoms with Crippen molar-refractivity contribution in [1.82, 2.24) is 9.78 Å². The van der Waals surface area contributed by atoms with Crippen molar-refractivity contribution >= 4 is 44.1 Å². The van der Waals surface area contributed by atoms with Crippen LogP contribution in [0.3, 0.4) is 0 Å². The van der Waals surface area contributed by atoms with Gasteiger partial charge < -0.3 is 10.1 Å². The van der Waals surface area contributed by atoms with Crippen molar-refractivity contribution in [2.75, 3.05) is 12.4 Å². The third-order valence-electron chi connectivity index (χ3n) is 2.96. The maximum absolute atomic E-state index is 13.0. The highest BCUT2D eigenvalue weighted by Gasteiger charge is 2.39. The van der Waals surface area contributed by atoms with Gasteiger partial charge in [-0.05, 0) is 28.9 Å². The highest BCUT2D eigenvalue weighted by molar-refractivity contribution is 9.10. The van der Waals surface area contributed by atoms with E-state index in [2.05, 4.69) is 31.1 Å². The largest absolute Gasteiger partial charge is 0.465 e. The predicted molar refractivity (Wildman–Crippen MR) is 84.3 cm³/mol. The van der Waals surface area contributed by atoms with E-state index in [4.69, 9.17) is 0 Å². The molecule has 2 aromatic rings. The highest BCUT2D eigenvalue weighted by Crippen LogP contribution is 2.37. The van der Waals surface area contributed by atoms with Gasteiger partial charge in [0.1, 0.15) is 5.00 Å². The average molecular weight is 426 g/mol. The summed E-state index contributed by atoms with van der Waals surface area (Å²) in [6.07, 6.45) is -4.67. The van der Waals surface area contributed by atoms with Gasteiger partial charge in [-0.25, -0.2) is 4.79 Å². The lowest BCUT2D eigenvalue weighted by Crippen LogP contribution is -2.15. The summed E-state index contributed by atoms with van der Waals surface area (Å²) in [7, 11) is 2.27. The van der Waals surface area contributed by atoms with Gasteiger partial charge in [0.15, 0.2) is 11.4 Å². The van der Waals surface area contributed by atoms with Crippen molar-refractivity contribution in [2.24, 2.45) is 7.05 Å². The van der Waals surface area contributed by atoms with Gasteiger partial charge in [0.05, 0.1) is 17.1 Å². The number of nitrogens with one attached hydrogen (secondary N) is 1. The highest BCUT2D eigenvalue weighted by atomic mass is 79.9. The fourth-order valence-electron chi connectivity index (χ4n) is 1.98. The molecule has 2 rings (SSSR count). The normalized spacial score (nSPS) is 11.5. The molecule has 1 N–H and O–H groups in total. The Balaban J connectivity index is 2.37. The van der Waals surface area contributed by atoms with E-state index in [1.54, 1.807) is 6.92 Å². The smallest absolute Gasteiger partial charge is 0.434 e. The number of aryl methyl sites for hydroxylation is 2. The fraction of sp³-hybridized carbons (Fsp3) is 0.308. The molecule has 0 fully saturated rings. The molecule has 2 aromatic heterocycles. The first-order valence-corrected chi connectivity index (χ1v) is 7.97. The maximum atomic E-state index is 13.0. The zero-order valence-corrected chi connectivity index (χ0v) is 15.0. The van der Waals surface area contributed by atoms with Gasteiger partial charge in [-0.1, -0.05) is 0 Å². The van der Waals surface area contributed by atoms with Crippen LogP contribution in [0.1, 0.15) is 31.4 Å². The summed E-state index contributed by atoms with van der Waals surface area (Å²) in [5.74, 6) is -1.54. The van der Waals surface area contributed by atoms with Crippen molar-refractivity contribution in [3.05, 3.63) is 32.4 Å². The van der Waals surface area contributed by atoms with Crippen LogP contribution in [0.2, 0.25) is 0 Å². The number of amides is 1. The number of anilines is 1. The predicted octanol–water partition coefficient (Wildman–Crippen LogP) is 3.61. The van der Waals surface area contributed by atoms with E-state index in [-0.39, 0.29) is 10.6 Å². The van der Waals surface area contributed by atoms with E-state index in [1.165, 1.54) is 13.2 Å². The number of nitrogens with zero attached hydrogens (tertiary/aromatic N) is 2. The van der Waals surface area contributed by atoms with Crippen LogP contribution in [0, 0.1) is 6.92 Å². The molecule has 0 saturated heterocycles. The molecule has 0 atom stereocenters. The summed E-state index contributed by atoms with van der Waals surface area (Å²) in [4.78, 5) is 24.7. The Morgan fingerprint density at radius 3 is 2.54 bits per heavy atom. The minimum Gasteiger partial charge on any atom is -0.465 e. The van der Waals surface area contributed by atoms with Crippen molar-refractivity contribution in [1.29, 1.82) is 0 Å². The van der Waals surface area contributed by atoms with Crippen LogP contribution < -0.4 is 5.32 Å². The number of esters is 1. The molecule has 0 aliphatic carbocycles. The number of carbonyl (C=O) groups is 2. The number of halogens is 4. The Hall–Kier alpha value is -1.88. The van der Waals surface area contributed by atoms with Crippen LogP contribution in [0.5, 0.6) is 0 Å². The number of hydrogen-bond acceptors (Lipinski definition) is 5. The lowest BCUT2D eigenvalue weighted by molar-refractivity contribution is -0.144. The summed E-state index contributed by atoms with van der Waals surface area (Å²) in [6, 6.07) is 1.51. The molecule has 0 aliphatic rings. The Labute approximate surface area is 146 Å². The van der Waals surface area contributed by atoms with Gasteiger partial charge in [0, 0.05) is 11.9 Å². The van der Waals surface area contributed by atoms with Crippen LogP contribution in [-0.2, 0) is 18.0 Å². The van der Waals surface area contributed by atoms with Crippen molar-refractivity contribution in [3.8, 4) is 0 Å². The van der Waals surface area contributed by atoms with Gasteiger partial charge in [-0.15, -0.1) is 11.3 Å². The Morgan fingerprint density at radius 1 is 1.42 bits per heavy atom. The van der Waals surface area contributed by atoms with Gasteiger partial charge in [0.25, 0.3) is 5.91 Å². The van der Waals surface area contributed by atoms with E-state index in [9.17, 15) is 22.8 Å². The lowest BCUT2D eigenvalue weighted by atomic mass is 10.3. The van der Waals surface area contributed by atoms with E-state index in [0.29, 0.717) is 4.68 Å². The third-order valence-corrected chi connectivity index (χ3v) is 4.68. The summed E-state index contributed by atoms with van der Waals surface area (Å²) >= 11 is 3.86. The summed E-state index contributed by atoms with van der Waals surface area (Å²) < 4.78 is 43.6. The van der Waals surface area contributed by atoms with Gasteiger partial charge in [0.2, 0.25) is 0 Å². The first-order chi connectivity index (χ1) is 11.1. The van der Waals surface area contributed by atoms with Crippen molar-refractivity contribution < 1.29 is 27.5 Å². The molecular formula is C13H11BrF3N3O3S. The van der Waals surface area contributed by atoms with E-state index >= 15 is 0 Å². The van der Waals surface area contributed by atoms with Crippen LogP contribution in [0.25, 0.3) is 0 Å². The Morgan fingerprint density at radius 2 is 2.04 bits per heavy atom. The van der Waals surface area contributed by atoms with Gasteiger partial charge in [-0.3, -0.25) is 9.48 Å². The van der Waals surface area contributed by atoms with Crippen LogP contribution in [0.15, 0.2) is 10.5 Å². The molecule has 0 saturated carbocycles. The molecule has 0 aromatic carbocycles. The first-order valence-electron chi connectivity index (χ1n) is 6.36. The summed E-state index contributed by atoms with van der Waals surface area (Å²) in [5, 5.41) is 6.18. The molecule has 24 heavy (non-hydrogen) atoms. The first kappa shape index (κ1) is 18.5. The van der Waals surface area contributed by atoms with Crippen LogP contribution in [-0.4, -0.2) is 28.8 Å². The zero-order valence-electron chi connectivity index (χ0n) is 12.6. The molecule has 0 aliphatic heterocycles. The van der Waals surface area contributed by atoms with E-state index in [1.807, 2.05) is 0 Å². The Kier molecular flexibility index (Phi) is 5.04. The molecule has 1 amide bonds. The second-order valence-electron chi connectivity index (χ2n) is 4.68. The quantitative estimate of drug-likeness (QED) is 0.762. The topological polar surface area (TPSA) is 73.2 Å². The standard InChI is InChI=1S/C13H11BrF3N3O3S/c1-5-4-6(12(22)23-3)11(24-5)18-10(21)8-7(14)9(13(15,16)17)20(2)19-8/h4H,1-3H3,(H,18,21). The fourth-order valence-corrected chi connectivity index (χ4v) is 3.62. The molecule has 0 radical (unpaired) electrons. The monoisotopic (exact) mass is 425 g/mol. The zero-order chi connectivity index (χ0) is 18.2. The number of rotatable bonds is 3. The minimum absolute atomic E-state index is 0.122. The molecule has 11 heteroatoms. The maximum Gasteiger partial charge on any atom is 0.434 e. The molecule has 0 bridgehead atoms. The number of methoxy groups -OCH3 is 1. The molecule has 0 spiro atoms. The SMILES string of the molecule is COC(=O)c1cc(C)sc1NC(=O)c1nn(C)c(C(F)(F)F)c1Br. The number of hydrogen-bond donors (Lipinski definition) is 1. The third kappa shape index (κ3) is 3.46. The molecule has 130 valence electrons.